The fourth-order valence-electron chi connectivity index (χ4n) is 1.78. The summed E-state index contributed by atoms with van der Waals surface area (Å²) in [6, 6.07) is 9.21. The van der Waals surface area contributed by atoms with Gasteiger partial charge in [-0.2, -0.15) is 0 Å². The number of hydrogen-bond donors (Lipinski definition) is 1. The molecule has 16 heavy (non-hydrogen) atoms. The molecule has 1 aromatic rings. The summed E-state index contributed by atoms with van der Waals surface area (Å²) in [5.74, 6) is 0.732. The van der Waals surface area contributed by atoms with Gasteiger partial charge in [-0.15, -0.1) is 0 Å². The lowest BCUT2D eigenvalue weighted by atomic mass is 10.0. The topological polar surface area (TPSA) is 41.5 Å². The van der Waals surface area contributed by atoms with Crippen LogP contribution in [0.5, 0.6) is 0 Å². The number of carbonyl (C=O) groups excluding carboxylic acids is 1. The van der Waals surface area contributed by atoms with Gasteiger partial charge in [-0.3, -0.25) is 9.79 Å². The zero-order valence-corrected chi connectivity index (χ0v) is 9.66. The standard InChI is InChI=1S/C13H16N2O/c1-13(2)9-8-11(15-13)14-12(16)10-6-4-3-5-7-10/h3-7H,8-9H2,1-2H3,(H,14,15,16). The number of rotatable bonds is 1. The van der Waals surface area contributed by atoms with Crippen molar-refractivity contribution in [3.63, 3.8) is 0 Å². The summed E-state index contributed by atoms with van der Waals surface area (Å²) in [4.78, 5) is 16.3. The fourth-order valence-corrected chi connectivity index (χ4v) is 1.78. The smallest absolute Gasteiger partial charge is 0.256 e. The van der Waals surface area contributed by atoms with Gasteiger partial charge in [0.25, 0.3) is 5.91 Å². The Balaban J connectivity index is 2.05. The van der Waals surface area contributed by atoms with Crippen LogP contribution in [0.3, 0.4) is 0 Å². The van der Waals surface area contributed by atoms with E-state index in [2.05, 4.69) is 24.2 Å². The zero-order chi connectivity index (χ0) is 11.6. The van der Waals surface area contributed by atoms with E-state index in [0.29, 0.717) is 5.56 Å². The largest absolute Gasteiger partial charge is 0.310 e. The fraction of sp³-hybridized carbons (Fsp3) is 0.385. The molecule has 1 aliphatic rings. The molecule has 1 N–H and O–H groups in total. The Morgan fingerprint density at radius 2 is 2.00 bits per heavy atom. The lowest BCUT2D eigenvalue weighted by Gasteiger charge is -2.10. The maximum Gasteiger partial charge on any atom is 0.256 e. The second-order valence-corrected chi connectivity index (χ2v) is 4.69. The molecule has 0 spiro atoms. The zero-order valence-electron chi connectivity index (χ0n) is 9.66. The molecule has 0 saturated carbocycles. The highest BCUT2D eigenvalue weighted by Crippen LogP contribution is 2.23. The third-order valence-electron chi connectivity index (χ3n) is 2.71. The molecule has 1 heterocycles. The van der Waals surface area contributed by atoms with Crippen molar-refractivity contribution in [3.05, 3.63) is 35.9 Å². The lowest BCUT2D eigenvalue weighted by molar-refractivity contribution is 0.0976. The monoisotopic (exact) mass is 216 g/mol. The van der Waals surface area contributed by atoms with Crippen molar-refractivity contribution in [2.24, 2.45) is 4.99 Å². The molecule has 2 rings (SSSR count). The first-order chi connectivity index (χ1) is 7.57. The summed E-state index contributed by atoms with van der Waals surface area (Å²) in [5.41, 5.74) is 0.647. The Kier molecular flexibility index (Phi) is 2.77. The van der Waals surface area contributed by atoms with Gasteiger partial charge in [-0.05, 0) is 32.4 Å². The van der Waals surface area contributed by atoms with Crippen molar-refractivity contribution in [3.8, 4) is 0 Å². The SMILES string of the molecule is CC1(C)CCC(NC(=O)c2ccccc2)=N1. The van der Waals surface area contributed by atoms with E-state index in [-0.39, 0.29) is 11.4 Å². The number of nitrogens with zero attached hydrogens (tertiary/aromatic N) is 1. The maximum atomic E-state index is 11.8. The van der Waals surface area contributed by atoms with Gasteiger partial charge in [0.1, 0.15) is 5.84 Å². The normalized spacial score (nSPS) is 18.0. The van der Waals surface area contributed by atoms with Crippen molar-refractivity contribution in [1.82, 2.24) is 5.32 Å². The molecule has 0 saturated heterocycles. The molecule has 0 atom stereocenters. The average Bonchev–Trinajstić information content (AvgIpc) is 2.59. The molecular formula is C13H16N2O. The van der Waals surface area contributed by atoms with E-state index in [9.17, 15) is 4.79 Å². The molecule has 3 nitrogen and oxygen atoms in total. The van der Waals surface area contributed by atoms with Gasteiger partial charge >= 0.3 is 0 Å². The van der Waals surface area contributed by atoms with Crippen LogP contribution in [0.25, 0.3) is 0 Å². The third kappa shape index (κ3) is 2.48. The summed E-state index contributed by atoms with van der Waals surface area (Å²) in [5, 5.41) is 2.86. The van der Waals surface area contributed by atoms with Crippen LogP contribution in [0.2, 0.25) is 0 Å². The number of hydrogen-bond acceptors (Lipinski definition) is 2. The highest BCUT2D eigenvalue weighted by Gasteiger charge is 2.25. The van der Waals surface area contributed by atoms with Crippen LogP contribution in [0.4, 0.5) is 0 Å². The van der Waals surface area contributed by atoms with E-state index in [4.69, 9.17) is 0 Å². The van der Waals surface area contributed by atoms with Crippen LogP contribution in [-0.4, -0.2) is 17.3 Å². The van der Waals surface area contributed by atoms with E-state index in [0.717, 1.165) is 18.7 Å². The predicted molar refractivity (Wildman–Crippen MR) is 64.7 cm³/mol. The second-order valence-electron chi connectivity index (χ2n) is 4.69. The average molecular weight is 216 g/mol. The van der Waals surface area contributed by atoms with Crippen LogP contribution in [0, 0.1) is 0 Å². The molecule has 3 heteroatoms. The van der Waals surface area contributed by atoms with Gasteiger partial charge in [0.2, 0.25) is 0 Å². The van der Waals surface area contributed by atoms with Gasteiger partial charge in [-0.1, -0.05) is 18.2 Å². The molecule has 0 fully saturated rings. The minimum Gasteiger partial charge on any atom is -0.310 e. The van der Waals surface area contributed by atoms with Crippen LogP contribution < -0.4 is 5.32 Å². The van der Waals surface area contributed by atoms with Crippen molar-refractivity contribution in [2.45, 2.75) is 32.2 Å². The van der Waals surface area contributed by atoms with Crippen LogP contribution in [-0.2, 0) is 0 Å². The van der Waals surface area contributed by atoms with Crippen molar-refractivity contribution >= 4 is 11.7 Å². The molecule has 1 amide bonds. The van der Waals surface area contributed by atoms with E-state index in [1.807, 2.05) is 18.2 Å². The van der Waals surface area contributed by atoms with Crippen molar-refractivity contribution in [2.75, 3.05) is 0 Å². The first kappa shape index (κ1) is 10.9. The van der Waals surface area contributed by atoms with Gasteiger partial charge in [0, 0.05) is 12.0 Å². The lowest BCUT2D eigenvalue weighted by Crippen LogP contribution is -2.29. The van der Waals surface area contributed by atoms with E-state index in [1.54, 1.807) is 12.1 Å². The Morgan fingerprint density at radius 3 is 2.56 bits per heavy atom. The van der Waals surface area contributed by atoms with Crippen molar-refractivity contribution in [1.29, 1.82) is 0 Å². The number of benzene rings is 1. The highest BCUT2D eigenvalue weighted by atomic mass is 16.1. The van der Waals surface area contributed by atoms with Crippen molar-refractivity contribution < 1.29 is 4.79 Å². The number of carbonyl (C=O) groups is 1. The number of aliphatic imine (C=N–C) groups is 1. The third-order valence-corrected chi connectivity index (χ3v) is 2.71. The molecule has 1 aliphatic heterocycles. The molecule has 0 aromatic heterocycles. The minimum absolute atomic E-state index is 0.0285. The quantitative estimate of drug-likeness (QED) is 0.769. The second kappa shape index (κ2) is 4.08. The Morgan fingerprint density at radius 1 is 1.31 bits per heavy atom. The first-order valence-corrected chi connectivity index (χ1v) is 5.52. The van der Waals surface area contributed by atoms with Crippen LogP contribution >= 0.6 is 0 Å². The molecule has 0 aliphatic carbocycles. The van der Waals surface area contributed by atoms with E-state index < -0.39 is 0 Å². The molecule has 1 aromatic carbocycles. The molecular weight excluding hydrogens is 200 g/mol. The predicted octanol–water partition coefficient (Wildman–Crippen LogP) is 2.39. The van der Waals surface area contributed by atoms with Gasteiger partial charge in [0.05, 0.1) is 5.54 Å². The van der Waals surface area contributed by atoms with Crippen LogP contribution in [0.15, 0.2) is 35.3 Å². The van der Waals surface area contributed by atoms with Gasteiger partial charge in [0.15, 0.2) is 0 Å². The Hall–Kier alpha value is -1.64. The van der Waals surface area contributed by atoms with E-state index >= 15 is 0 Å². The minimum atomic E-state index is -0.0722. The van der Waals surface area contributed by atoms with E-state index in [1.165, 1.54) is 0 Å². The summed E-state index contributed by atoms with van der Waals surface area (Å²) in [7, 11) is 0. The number of nitrogens with one attached hydrogen (secondary N) is 1. The Labute approximate surface area is 95.6 Å². The summed E-state index contributed by atoms with van der Waals surface area (Å²) >= 11 is 0. The van der Waals surface area contributed by atoms with Gasteiger partial charge in [-0.25, -0.2) is 0 Å². The number of amidine groups is 1. The van der Waals surface area contributed by atoms with Gasteiger partial charge < -0.3 is 5.32 Å². The highest BCUT2D eigenvalue weighted by molar-refractivity contribution is 6.06. The summed E-state index contributed by atoms with van der Waals surface area (Å²) in [6.45, 7) is 4.16. The van der Waals surface area contributed by atoms with Crippen LogP contribution in [0.1, 0.15) is 37.0 Å². The summed E-state index contributed by atoms with van der Waals surface area (Å²) in [6.07, 6.45) is 1.85. The molecule has 0 bridgehead atoms. The summed E-state index contributed by atoms with van der Waals surface area (Å²) < 4.78 is 0. The molecule has 0 radical (unpaired) electrons. The maximum absolute atomic E-state index is 11.8. The molecule has 0 unspecified atom stereocenters. The number of amides is 1. The molecule has 84 valence electrons. The first-order valence-electron chi connectivity index (χ1n) is 5.52. The Bertz CT molecular complexity index is 421.